The van der Waals surface area contributed by atoms with Crippen molar-refractivity contribution in [2.24, 2.45) is 0 Å². The molecule has 1 aromatic heterocycles. The predicted molar refractivity (Wildman–Crippen MR) is 46.3 cm³/mol. The van der Waals surface area contributed by atoms with E-state index in [4.69, 9.17) is 0 Å². The van der Waals surface area contributed by atoms with Gasteiger partial charge < -0.3 is 9.54 Å². The fraction of sp³-hybridized carbons (Fsp3) is 0. The van der Waals surface area contributed by atoms with Gasteiger partial charge in [-0.2, -0.15) is 0 Å². The Morgan fingerprint density at radius 2 is 1.86 bits per heavy atom. The minimum absolute atomic E-state index is 0. The Balaban J connectivity index is 0.000000980. The van der Waals surface area contributed by atoms with E-state index >= 15 is 0 Å². The standard InChI is InChI=1S/C8H7NO3S.K/c10-13(11,12)8-5-6-3-1-2-4-7(6)9-8;/h1-5,9H,(H,10,11,12);/q;+1/p-1. The van der Waals surface area contributed by atoms with Crippen LogP contribution >= 0.6 is 0 Å². The number of H-pyrrole nitrogens is 1. The zero-order valence-corrected chi connectivity index (χ0v) is 11.5. The molecule has 4 nitrogen and oxygen atoms in total. The van der Waals surface area contributed by atoms with Gasteiger partial charge in [-0.3, -0.25) is 0 Å². The van der Waals surface area contributed by atoms with Crippen molar-refractivity contribution >= 4 is 21.0 Å². The molecule has 14 heavy (non-hydrogen) atoms. The number of fused-ring (bicyclic) bond motifs is 1. The van der Waals surface area contributed by atoms with E-state index in [-0.39, 0.29) is 56.4 Å². The first kappa shape index (κ1) is 12.4. The Labute approximate surface area is 124 Å². The minimum Gasteiger partial charge on any atom is -0.743 e. The molecule has 0 saturated heterocycles. The number of aromatic amines is 1. The number of para-hydroxylation sites is 1. The van der Waals surface area contributed by atoms with Gasteiger partial charge in [-0.05, 0) is 12.1 Å². The summed E-state index contributed by atoms with van der Waals surface area (Å²) in [5, 5.41) is 0.436. The molecule has 0 amide bonds. The average Bonchev–Trinajstić information content (AvgIpc) is 2.45. The summed E-state index contributed by atoms with van der Waals surface area (Å²) < 4.78 is 31.8. The Morgan fingerprint density at radius 1 is 1.21 bits per heavy atom. The van der Waals surface area contributed by atoms with Crippen LogP contribution in [-0.4, -0.2) is 18.0 Å². The quantitative estimate of drug-likeness (QED) is 0.462. The third kappa shape index (κ3) is 2.46. The zero-order chi connectivity index (χ0) is 9.47. The Kier molecular flexibility index (Phi) is 3.92. The van der Waals surface area contributed by atoms with Crippen molar-refractivity contribution < 1.29 is 64.4 Å². The van der Waals surface area contributed by atoms with E-state index in [1.807, 2.05) is 0 Å². The van der Waals surface area contributed by atoms with Crippen molar-refractivity contribution in [1.29, 1.82) is 0 Å². The summed E-state index contributed by atoms with van der Waals surface area (Å²) in [6, 6.07) is 8.32. The van der Waals surface area contributed by atoms with Crippen LogP contribution in [-0.2, 0) is 10.1 Å². The van der Waals surface area contributed by atoms with E-state index in [2.05, 4.69) is 4.98 Å². The Hall–Kier alpha value is 0.306. The number of rotatable bonds is 1. The van der Waals surface area contributed by atoms with Crippen molar-refractivity contribution in [3.05, 3.63) is 30.3 Å². The molecule has 0 fully saturated rings. The van der Waals surface area contributed by atoms with Crippen LogP contribution in [0, 0.1) is 0 Å². The number of aromatic nitrogens is 1. The molecular formula is C8H6KNO3S. The van der Waals surface area contributed by atoms with E-state index in [1.54, 1.807) is 24.3 Å². The van der Waals surface area contributed by atoms with Crippen LogP contribution in [0.3, 0.4) is 0 Å². The van der Waals surface area contributed by atoms with Crippen LogP contribution in [0.1, 0.15) is 0 Å². The maximum Gasteiger partial charge on any atom is 1.00 e. The molecule has 6 heteroatoms. The molecule has 68 valence electrons. The summed E-state index contributed by atoms with van der Waals surface area (Å²) in [4.78, 5) is 2.54. The summed E-state index contributed by atoms with van der Waals surface area (Å²) in [6.45, 7) is 0. The van der Waals surface area contributed by atoms with Crippen LogP contribution in [0.25, 0.3) is 10.9 Å². The van der Waals surface area contributed by atoms with E-state index in [0.717, 1.165) is 5.39 Å². The largest absolute Gasteiger partial charge is 1.00 e. The molecular weight excluding hydrogens is 229 g/mol. The molecule has 0 aliphatic carbocycles. The van der Waals surface area contributed by atoms with Crippen LogP contribution in [0.5, 0.6) is 0 Å². The summed E-state index contributed by atoms with van der Waals surface area (Å²) >= 11 is 0. The van der Waals surface area contributed by atoms with E-state index < -0.39 is 10.1 Å². The second-order valence-electron chi connectivity index (χ2n) is 2.67. The third-order valence-corrected chi connectivity index (χ3v) is 2.53. The Bertz CT molecular complexity index is 513. The summed E-state index contributed by atoms with van der Waals surface area (Å²) in [6.07, 6.45) is 0. The molecule has 0 spiro atoms. The zero-order valence-electron chi connectivity index (χ0n) is 7.52. The van der Waals surface area contributed by atoms with Gasteiger partial charge in [0, 0.05) is 10.9 Å². The molecule has 0 unspecified atom stereocenters. The molecule has 0 aliphatic rings. The van der Waals surface area contributed by atoms with Gasteiger partial charge in [-0.25, -0.2) is 8.42 Å². The molecule has 2 aromatic rings. The van der Waals surface area contributed by atoms with Gasteiger partial charge in [0.25, 0.3) is 0 Å². The molecule has 0 saturated carbocycles. The number of hydrogen-bond acceptors (Lipinski definition) is 3. The van der Waals surface area contributed by atoms with Gasteiger partial charge in [0.05, 0.1) is 0 Å². The van der Waals surface area contributed by atoms with E-state index in [9.17, 15) is 13.0 Å². The number of hydrogen-bond donors (Lipinski definition) is 1. The summed E-state index contributed by atoms with van der Waals surface area (Å²) in [5.74, 6) is 0. The predicted octanol–water partition coefficient (Wildman–Crippen LogP) is -1.92. The van der Waals surface area contributed by atoms with Crippen LogP contribution < -0.4 is 51.4 Å². The van der Waals surface area contributed by atoms with Crippen molar-refractivity contribution in [3.63, 3.8) is 0 Å². The summed E-state index contributed by atoms with van der Waals surface area (Å²) in [7, 11) is -4.37. The molecule has 2 rings (SSSR count). The molecule has 0 aliphatic heterocycles. The van der Waals surface area contributed by atoms with E-state index in [1.165, 1.54) is 6.07 Å². The average molecular weight is 235 g/mol. The second-order valence-corrected chi connectivity index (χ2v) is 4.02. The topological polar surface area (TPSA) is 73.0 Å². The van der Waals surface area contributed by atoms with Gasteiger partial charge in [-0.1, -0.05) is 18.2 Å². The first-order valence-corrected chi connectivity index (χ1v) is 5.02. The van der Waals surface area contributed by atoms with Crippen molar-refractivity contribution in [1.82, 2.24) is 4.98 Å². The molecule has 1 N–H and O–H groups in total. The number of benzene rings is 1. The third-order valence-electron chi connectivity index (χ3n) is 1.77. The van der Waals surface area contributed by atoms with Gasteiger partial charge in [0.2, 0.25) is 0 Å². The van der Waals surface area contributed by atoms with E-state index in [0.29, 0.717) is 5.52 Å². The monoisotopic (exact) mass is 235 g/mol. The van der Waals surface area contributed by atoms with Crippen molar-refractivity contribution in [2.75, 3.05) is 0 Å². The first-order chi connectivity index (χ1) is 6.07. The normalized spacial score (nSPS) is 11.2. The fourth-order valence-corrected chi connectivity index (χ4v) is 1.69. The molecule has 1 aromatic carbocycles. The van der Waals surface area contributed by atoms with Crippen LogP contribution in [0.15, 0.2) is 35.4 Å². The Morgan fingerprint density at radius 3 is 2.43 bits per heavy atom. The molecule has 0 radical (unpaired) electrons. The van der Waals surface area contributed by atoms with Crippen molar-refractivity contribution in [3.8, 4) is 0 Å². The molecule has 1 heterocycles. The smallest absolute Gasteiger partial charge is 0.743 e. The number of nitrogens with one attached hydrogen (secondary N) is 1. The van der Waals surface area contributed by atoms with Gasteiger partial charge in [-0.15, -0.1) is 0 Å². The van der Waals surface area contributed by atoms with Gasteiger partial charge in [0.15, 0.2) is 0 Å². The van der Waals surface area contributed by atoms with Gasteiger partial charge in [0.1, 0.15) is 15.1 Å². The fourth-order valence-electron chi connectivity index (χ4n) is 1.18. The first-order valence-electron chi connectivity index (χ1n) is 3.61. The maximum absolute atomic E-state index is 10.6. The minimum atomic E-state index is -4.37. The summed E-state index contributed by atoms with van der Waals surface area (Å²) in [5.41, 5.74) is 0.650. The SMILES string of the molecule is O=S(=O)([O-])c1cc2ccccc2[nH]1.[K+]. The second kappa shape index (κ2) is 4.44. The molecule has 0 bridgehead atoms. The maximum atomic E-state index is 10.6. The molecule has 0 atom stereocenters. The van der Waals surface area contributed by atoms with Crippen molar-refractivity contribution in [2.45, 2.75) is 5.03 Å². The van der Waals surface area contributed by atoms with Gasteiger partial charge >= 0.3 is 51.4 Å². The van der Waals surface area contributed by atoms with Crippen LogP contribution in [0.4, 0.5) is 0 Å². The van der Waals surface area contributed by atoms with Crippen LogP contribution in [0.2, 0.25) is 0 Å².